The molecule has 2 aromatic heterocycles. The van der Waals surface area contributed by atoms with Gasteiger partial charge in [0.05, 0.1) is 5.39 Å². The van der Waals surface area contributed by atoms with Gasteiger partial charge in [-0.3, -0.25) is 4.79 Å². The van der Waals surface area contributed by atoms with Crippen molar-refractivity contribution in [2.75, 3.05) is 0 Å². The van der Waals surface area contributed by atoms with E-state index in [2.05, 4.69) is 9.97 Å². The van der Waals surface area contributed by atoms with Crippen LogP contribution >= 0.6 is 11.3 Å². The van der Waals surface area contributed by atoms with Crippen molar-refractivity contribution in [1.29, 1.82) is 0 Å². The van der Waals surface area contributed by atoms with E-state index in [1.165, 1.54) is 35.4 Å². The maximum atomic E-state index is 13.2. The first-order chi connectivity index (χ1) is 11.7. The number of H-pyrrole nitrogens is 1. The number of aromatic nitrogens is 2. The molecule has 0 fully saturated rings. The molecular weight excluding hydrogens is 323 g/mol. The lowest BCUT2D eigenvalue weighted by atomic mass is 10.1. The van der Waals surface area contributed by atoms with Gasteiger partial charge in [-0.15, -0.1) is 11.3 Å². The van der Waals surface area contributed by atoms with Gasteiger partial charge in [-0.25, -0.2) is 9.37 Å². The van der Waals surface area contributed by atoms with Crippen LogP contribution in [0.25, 0.3) is 22.4 Å². The summed E-state index contributed by atoms with van der Waals surface area (Å²) in [7, 11) is 0. The Kier molecular flexibility index (Phi) is 4.02. The van der Waals surface area contributed by atoms with Crippen LogP contribution in [0.5, 0.6) is 0 Å². The minimum absolute atomic E-state index is 0.0710. The Balaban J connectivity index is 1.74. The highest BCUT2D eigenvalue weighted by atomic mass is 32.1. The van der Waals surface area contributed by atoms with Gasteiger partial charge in [0, 0.05) is 4.88 Å². The number of nitrogens with zero attached hydrogens (tertiary/aromatic N) is 1. The van der Waals surface area contributed by atoms with Gasteiger partial charge < -0.3 is 4.98 Å². The predicted molar refractivity (Wildman–Crippen MR) is 96.8 cm³/mol. The van der Waals surface area contributed by atoms with Crippen molar-refractivity contribution in [3.8, 4) is 0 Å². The number of fused-ring (bicyclic) bond motifs is 3. The Morgan fingerprint density at radius 1 is 1.17 bits per heavy atom. The highest BCUT2D eigenvalue weighted by Gasteiger charge is 2.18. The number of nitrogens with one attached hydrogen (secondary N) is 1. The Morgan fingerprint density at radius 3 is 2.92 bits per heavy atom. The number of hydrogen-bond acceptors (Lipinski definition) is 3. The van der Waals surface area contributed by atoms with Crippen LogP contribution in [0.3, 0.4) is 0 Å². The number of hydrogen-bond donors (Lipinski definition) is 1. The van der Waals surface area contributed by atoms with Gasteiger partial charge in [-0.2, -0.15) is 0 Å². The predicted octanol–water partition coefficient (Wildman–Crippen LogP) is 4.56. The van der Waals surface area contributed by atoms with Crippen molar-refractivity contribution >= 4 is 33.7 Å². The molecule has 0 spiro atoms. The summed E-state index contributed by atoms with van der Waals surface area (Å²) < 4.78 is 13.2. The summed E-state index contributed by atoms with van der Waals surface area (Å²) in [6.07, 6.45) is 9.04. The number of benzene rings is 1. The van der Waals surface area contributed by atoms with Crippen LogP contribution in [0.2, 0.25) is 0 Å². The van der Waals surface area contributed by atoms with Crippen LogP contribution in [0.4, 0.5) is 4.39 Å². The first-order valence-corrected chi connectivity index (χ1v) is 9.00. The van der Waals surface area contributed by atoms with E-state index in [1.807, 2.05) is 6.07 Å². The van der Waals surface area contributed by atoms with E-state index in [0.717, 1.165) is 35.0 Å². The Hall–Kier alpha value is -2.27. The third kappa shape index (κ3) is 2.91. The van der Waals surface area contributed by atoms with E-state index in [9.17, 15) is 9.18 Å². The summed E-state index contributed by atoms with van der Waals surface area (Å²) in [4.78, 5) is 22.1. The summed E-state index contributed by atoms with van der Waals surface area (Å²) >= 11 is 1.64. The molecule has 24 heavy (non-hydrogen) atoms. The average molecular weight is 340 g/mol. The van der Waals surface area contributed by atoms with Gasteiger partial charge in [0.1, 0.15) is 16.5 Å². The van der Waals surface area contributed by atoms with Crippen molar-refractivity contribution in [2.24, 2.45) is 0 Å². The second kappa shape index (κ2) is 6.32. The number of aryl methyl sites for hydroxylation is 2. The zero-order valence-electron chi connectivity index (χ0n) is 13.1. The van der Waals surface area contributed by atoms with Crippen molar-refractivity contribution in [3.05, 3.63) is 62.3 Å². The smallest absolute Gasteiger partial charge is 0.260 e. The van der Waals surface area contributed by atoms with Crippen LogP contribution in [0.1, 0.15) is 41.1 Å². The second-order valence-corrected chi connectivity index (χ2v) is 7.17. The maximum Gasteiger partial charge on any atom is 0.260 e. The van der Waals surface area contributed by atoms with Crippen molar-refractivity contribution in [1.82, 2.24) is 9.97 Å². The second-order valence-electron chi connectivity index (χ2n) is 6.08. The van der Waals surface area contributed by atoms with Gasteiger partial charge in [-0.05, 0) is 55.0 Å². The first-order valence-electron chi connectivity index (χ1n) is 8.19. The van der Waals surface area contributed by atoms with Gasteiger partial charge in [-0.1, -0.05) is 24.6 Å². The molecule has 2 heterocycles. The molecule has 1 aliphatic carbocycles. The molecule has 0 unspecified atom stereocenters. The van der Waals surface area contributed by atoms with Crippen LogP contribution in [0.15, 0.2) is 29.1 Å². The van der Waals surface area contributed by atoms with E-state index < -0.39 is 0 Å². The Bertz CT molecular complexity index is 987. The molecule has 0 radical (unpaired) electrons. The largest absolute Gasteiger partial charge is 0.306 e. The molecule has 0 atom stereocenters. The summed E-state index contributed by atoms with van der Waals surface area (Å²) in [6.45, 7) is 0. The molecule has 5 heteroatoms. The van der Waals surface area contributed by atoms with Crippen LogP contribution in [0, 0.1) is 5.82 Å². The quantitative estimate of drug-likeness (QED) is 0.695. The van der Waals surface area contributed by atoms with E-state index in [0.29, 0.717) is 5.82 Å². The van der Waals surface area contributed by atoms with Crippen LogP contribution in [-0.4, -0.2) is 9.97 Å². The third-order valence-electron chi connectivity index (χ3n) is 4.38. The molecule has 0 amide bonds. The minimum atomic E-state index is -0.281. The fraction of sp³-hybridized carbons (Fsp3) is 0.263. The number of aromatic amines is 1. The van der Waals surface area contributed by atoms with E-state index in [4.69, 9.17) is 0 Å². The highest BCUT2D eigenvalue weighted by Crippen LogP contribution is 2.32. The molecule has 3 aromatic rings. The summed E-state index contributed by atoms with van der Waals surface area (Å²) in [6, 6.07) is 6.32. The van der Waals surface area contributed by atoms with Crippen molar-refractivity contribution in [2.45, 2.75) is 32.1 Å². The minimum Gasteiger partial charge on any atom is -0.306 e. The third-order valence-corrected chi connectivity index (χ3v) is 5.56. The van der Waals surface area contributed by atoms with Gasteiger partial charge in [0.2, 0.25) is 0 Å². The maximum absolute atomic E-state index is 13.2. The average Bonchev–Trinajstić information content (AvgIpc) is 2.75. The SMILES string of the molecule is O=c1[nH]c(/C=C/c2cccc(F)c2)nc2sc3c(c12)CCCCC3. The molecule has 4 rings (SSSR count). The van der Waals surface area contributed by atoms with E-state index >= 15 is 0 Å². The number of thiophene rings is 1. The van der Waals surface area contributed by atoms with Crippen molar-refractivity contribution < 1.29 is 4.39 Å². The highest BCUT2D eigenvalue weighted by molar-refractivity contribution is 7.18. The number of halogens is 1. The molecule has 0 saturated carbocycles. The van der Waals surface area contributed by atoms with Crippen LogP contribution in [-0.2, 0) is 12.8 Å². The zero-order chi connectivity index (χ0) is 16.5. The molecule has 1 N–H and O–H groups in total. The van der Waals surface area contributed by atoms with Gasteiger partial charge in [0.15, 0.2) is 0 Å². The lowest BCUT2D eigenvalue weighted by molar-refractivity contribution is 0.627. The Morgan fingerprint density at radius 2 is 2.04 bits per heavy atom. The summed E-state index contributed by atoms with van der Waals surface area (Å²) in [5.74, 6) is 0.226. The summed E-state index contributed by atoms with van der Waals surface area (Å²) in [5, 5.41) is 0.764. The molecule has 1 aromatic carbocycles. The van der Waals surface area contributed by atoms with Crippen LogP contribution < -0.4 is 5.56 Å². The number of rotatable bonds is 2. The normalized spacial score (nSPS) is 14.9. The first kappa shape index (κ1) is 15.3. The lowest BCUT2D eigenvalue weighted by Gasteiger charge is -1.99. The standard InChI is InChI=1S/C19H17FN2OS/c20-13-6-4-5-12(11-13)9-10-16-21-18(23)17-14-7-2-1-3-8-15(14)24-19(17)22-16/h4-6,9-11H,1-3,7-8H2,(H,21,22,23)/b10-9+. The molecule has 0 saturated heterocycles. The fourth-order valence-electron chi connectivity index (χ4n) is 3.22. The molecular formula is C19H17FN2OS. The van der Waals surface area contributed by atoms with E-state index in [1.54, 1.807) is 29.6 Å². The Labute approximate surface area is 142 Å². The molecule has 0 bridgehead atoms. The van der Waals surface area contributed by atoms with Gasteiger partial charge in [0.25, 0.3) is 5.56 Å². The molecule has 3 nitrogen and oxygen atoms in total. The van der Waals surface area contributed by atoms with E-state index in [-0.39, 0.29) is 11.4 Å². The monoisotopic (exact) mass is 340 g/mol. The molecule has 122 valence electrons. The fourth-order valence-corrected chi connectivity index (χ4v) is 4.49. The summed E-state index contributed by atoms with van der Waals surface area (Å²) in [5.41, 5.74) is 1.86. The molecule has 0 aliphatic heterocycles. The van der Waals surface area contributed by atoms with Gasteiger partial charge >= 0.3 is 0 Å². The zero-order valence-corrected chi connectivity index (χ0v) is 14.0. The molecule has 1 aliphatic rings. The topological polar surface area (TPSA) is 45.8 Å². The lowest BCUT2D eigenvalue weighted by Crippen LogP contribution is -2.10. The van der Waals surface area contributed by atoms with Crippen molar-refractivity contribution in [3.63, 3.8) is 0 Å².